The van der Waals surface area contributed by atoms with E-state index in [9.17, 15) is 13.2 Å². The first-order chi connectivity index (χ1) is 13.8. The fourth-order valence-electron chi connectivity index (χ4n) is 2.79. The van der Waals surface area contributed by atoms with Gasteiger partial charge in [0.15, 0.2) is 14.6 Å². The van der Waals surface area contributed by atoms with E-state index >= 15 is 0 Å². The summed E-state index contributed by atoms with van der Waals surface area (Å²) in [7, 11) is -2.14. The van der Waals surface area contributed by atoms with Crippen LogP contribution in [0.25, 0.3) is 10.2 Å². The number of ether oxygens (including phenoxy) is 1. The number of fused-ring (bicyclic) bond motifs is 1. The van der Waals surface area contributed by atoms with Crippen LogP contribution in [-0.4, -0.2) is 43.8 Å². The number of thiazole rings is 1. The second-order valence-corrected chi connectivity index (χ2v) is 10.4. The number of carbonyl (C=O) groups excluding carboxylic acids is 1. The van der Waals surface area contributed by atoms with E-state index in [1.807, 2.05) is 35.9 Å². The van der Waals surface area contributed by atoms with E-state index in [2.05, 4.69) is 4.99 Å². The Morgan fingerprint density at radius 2 is 1.93 bits per heavy atom. The van der Waals surface area contributed by atoms with Crippen LogP contribution >= 0.6 is 23.1 Å². The first-order valence-corrected chi connectivity index (χ1v) is 12.7. The summed E-state index contributed by atoms with van der Waals surface area (Å²) in [6.45, 7) is 2.55. The second kappa shape index (κ2) is 9.15. The maximum Gasteiger partial charge on any atom is 0.263 e. The Labute approximate surface area is 178 Å². The van der Waals surface area contributed by atoms with Crippen molar-refractivity contribution in [1.29, 1.82) is 0 Å². The molecule has 0 spiro atoms. The SMILES string of the molecule is COc1ccc2c(c1)sc(=NC(=O)CS(=O)(=O)c1ccc(C)cc1)n2CCSC. The molecule has 0 unspecified atom stereocenters. The topological polar surface area (TPSA) is 77.7 Å². The molecule has 0 bridgehead atoms. The monoisotopic (exact) mass is 450 g/mol. The molecule has 1 aromatic heterocycles. The molecule has 0 atom stereocenters. The van der Waals surface area contributed by atoms with Gasteiger partial charge in [-0.2, -0.15) is 16.8 Å². The summed E-state index contributed by atoms with van der Waals surface area (Å²) < 4.78 is 33.3. The smallest absolute Gasteiger partial charge is 0.263 e. The van der Waals surface area contributed by atoms with Crippen LogP contribution in [0.1, 0.15) is 5.56 Å². The van der Waals surface area contributed by atoms with Crippen molar-refractivity contribution in [1.82, 2.24) is 4.57 Å². The average Bonchev–Trinajstić information content (AvgIpc) is 3.01. The maximum absolute atomic E-state index is 12.6. The lowest BCUT2D eigenvalue weighted by Gasteiger charge is -2.05. The largest absolute Gasteiger partial charge is 0.497 e. The number of hydrogen-bond donors (Lipinski definition) is 0. The van der Waals surface area contributed by atoms with Crippen LogP contribution in [0.4, 0.5) is 0 Å². The minimum absolute atomic E-state index is 0.128. The molecule has 2 aromatic carbocycles. The molecule has 1 heterocycles. The minimum atomic E-state index is -3.74. The summed E-state index contributed by atoms with van der Waals surface area (Å²) >= 11 is 3.04. The molecule has 154 valence electrons. The molecule has 3 rings (SSSR count). The summed E-state index contributed by atoms with van der Waals surface area (Å²) in [5.41, 5.74) is 1.90. The summed E-state index contributed by atoms with van der Waals surface area (Å²) in [6.07, 6.45) is 2.01. The van der Waals surface area contributed by atoms with Gasteiger partial charge in [-0.25, -0.2) is 8.42 Å². The molecular formula is C20H22N2O4S3. The fourth-order valence-corrected chi connectivity index (χ4v) is 5.37. The van der Waals surface area contributed by atoms with Gasteiger partial charge in [-0.1, -0.05) is 29.0 Å². The highest BCUT2D eigenvalue weighted by Gasteiger charge is 2.19. The summed E-state index contributed by atoms with van der Waals surface area (Å²) in [6, 6.07) is 12.1. The van der Waals surface area contributed by atoms with Crippen molar-refractivity contribution in [2.45, 2.75) is 18.4 Å². The van der Waals surface area contributed by atoms with Crippen LogP contribution in [0.15, 0.2) is 52.4 Å². The standard InChI is InChI=1S/C20H22N2O4S3/c1-14-4-7-16(8-5-14)29(24,25)13-19(23)21-20-22(10-11-27-3)17-9-6-15(26-2)12-18(17)28-20/h4-9,12H,10-11,13H2,1-3H3. The molecule has 9 heteroatoms. The number of amides is 1. The van der Waals surface area contributed by atoms with Crippen molar-refractivity contribution in [3.63, 3.8) is 0 Å². The van der Waals surface area contributed by atoms with Crippen LogP contribution in [0, 0.1) is 6.92 Å². The van der Waals surface area contributed by atoms with Gasteiger partial charge in [0.2, 0.25) is 0 Å². The maximum atomic E-state index is 12.6. The molecule has 6 nitrogen and oxygen atoms in total. The van der Waals surface area contributed by atoms with Crippen molar-refractivity contribution in [2.24, 2.45) is 4.99 Å². The van der Waals surface area contributed by atoms with Gasteiger partial charge >= 0.3 is 0 Å². The van der Waals surface area contributed by atoms with Gasteiger partial charge in [0.25, 0.3) is 5.91 Å². The molecule has 0 aliphatic heterocycles. The van der Waals surface area contributed by atoms with Gasteiger partial charge in [-0.05, 0) is 43.5 Å². The lowest BCUT2D eigenvalue weighted by atomic mass is 10.2. The van der Waals surface area contributed by atoms with Crippen molar-refractivity contribution in [2.75, 3.05) is 24.9 Å². The predicted octanol–water partition coefficient (Wildman–Crippen LogP) is 3.28. The summed E-state index contributed by atoms with van der Waals surface area (Å²) in [4.78, 5) is 17.3. The van der Waals surface area contributed by atoms with Crippen molar-refractivity contribution in [3.05, 3.63) is 52.8 Å². The number of benzene rings is 2. The summed E-state index contributed by atoms with van der Waals surface area (Å²) in [5, 5.41) is 0. The van der Waals surface area contributed by atoms with Gasteiger partial charge in [0.1, 0.15) is 11.5 Å². The van der Waals surface area contributed by atoms with Crippen molar-refractivity contribution < 1.29 is 17.9 Å². The van der Waals surface area contributed by atoms with E-state index in [0.29, 0.717) is 11.3 Å². The van der Waals surface area contributed by atoms with E-state index in [1.165, 1.54) is 23.5 Å². The highest BCUT2D eigenvalue weighted by molar-refractivity contribution is 7.98. The van der Waals surface area contributed by atoms with Crippen LogP contribution in [0.3, 0.4) is 0 Å². The highest BCUT2D eigenvalue weighted by atomic mass is 32.2. The van der Waals surface area contributed by atoms with Crippen molar-refractivity contribution >= 4 is 49.1 Å². The fraction of sp³-hybridized carbons (Fsp3) is 0.300. The third kappa shape index (κ3) is 5.09. The van der Waals surface area contributed by atoms with E-state index in [4.69, 9.17) is 4.74 Å². The predicted molar refractivity (Wildman–Crippen MR) is 119 cm³/mol. The Morgan fingerprint density at radius 3 is 2.59 bits per heavy atom. The zero-order chi connectivity index (χ0) is 21.0. The summed E-state index contributed by atoms with van der Waals surface area (Å²) in [5.74, 6) is 0.231. The van der Waals surface area contributed by atoms with E-state index in [1.54, 1.807) is 31.0 Å². The van der Waals surface area contributed by atoms with Crippen LogP contribution < -0.4 is 9.54 Å². The number of methoxy groups -OCH3 is 1. The Kier molecular flexibility index (Phi) is 6.81. The molecule has 0 fully saturated rings. The lowest BCUT2D eigenvalue weighted by molar-refractivity contribution is -0.115. The third-order valence-corrected chi connectivity index (χ3v) is 7.57. The number of aryl methyl sites for hydroxylation is 2. The van der Waals surface area contributed by atoms with Gasteiger partial charge in [0.05, 0.1) is 22.2 Å². The van der Waals surface area contributed by atoms with E-state index in [-0.39, 0.29) is 4.90 Å². The normalized spacial score (nSPS) is 12.4. The van der Waals surface area contributed by atoms with Crippen LogP contribution in [-0.2, 0) is 21.2 Å². The molecule has 0 radical (unpaired) electrons. The van der Waals surface area contributed by atoms with Crippen LogP contribution in [0.2, 0.25) is 0 Å². The quantitative estimate of drug-likeness (QED) is 0.552. The molecule has 29 heavy (non-hydrogen) atoms. The second-order valence-electron chi connectivity index (χ2n) is 6.44. The highest BCUT2D eigenvalue weighted by Crippen LogP contribution is 2.23. The Balaban J connectivity index is 1.97. The molecule has 1 amide bonds. The zero-order valence-corrected chi connectivity index (χ0v) is 18.9. The van der Waals surface area contributed by atoms with Gasteiger partial charge in [0, 0.05) is 12.3 Å². The Hall–Kier alpha value is -2.10. The zero-order valence-electron chi connectivity index (χ0n) is 16.4. The number of nitrogens with zero attached hydrogens (tertiary/aromatic N) is 2. The number of sulfone groups is 1. The third-order valence-electron chi connectivity index (χ3n) is 4.32. The number of thioether (sulfide) groups is 1. The molecular weight excluding hydrogens is 428 g/mol. The first-order valence-electron chi connectivity index (χ1n) is 8.87. The van der Waals surface area contributed by atoms with Crippen LogP contribution in [0.5, 0.6) is 5.75 Å². The lowest BCUT2D eigenvalue weighted by Crippen LogP contribution is -2.21. The number of carbonyl (C=O) groups is 1. The van der Waals surface area contributed by atoms with Gasteiger partial charge in [-0.15, -0.1) is 0 Å². The Morgan fingerprint density at radius 1 is 1.21 bits per heavy atom. The van der Waals surface area contributed by atoms with E-state index < -0.39 is 21.5 Å². The number of rotatable bonds is 7. The van der Waals surface area contributed by atoms with Crippen molar-refractivity contribution in [3.8, 4) is 5.75 Å². The molecule has 0 saturated heterocycles. The Bertz CT molecular complexity index is 1190. The molecule has 0 saturated carbocycles. The molecule has 3 aromatic rings. The molecule has 0 N–H and O–H groups in total. The number of hydrogen-bond acceptors (Lipinski definition) is 6. The molecule has 0 aliphatic rings. The van der Waals surface area contributed by atoms with Gasteiger partial charge < -0.3 is 9.30 Å². The minimum Gasteiger partial charge on any atom is -0.497 e. The van der Waals surface area contributed by atoms with Gasteiger partial charge in [-0.3, -0.25) is 4.79 Å². The molecule has 0 aliphatic carbocycles. The van der Waals surface area contributed by atoms with E-state index in [0.717, 1.165) is 27.3 Å². The first kappa shape index (κ1) is 21.6. The number of aromatic nitrogens is 1. The average molecular weight is 451 g/mol.